The van der Waals surface area contributed by atoms with Crippen LogP contribution >= 0.6 is 0 Å². The van der Waals surface area contributed by atoms with Gasteiger partial charge >= 0.3 is 17.9 Å². The van der Waals surface area contributed by atoms with Crippen LogP contribution in [0, 0.1) is 0 Å². The maximum absolute atomic E-state index is 12.8. The zero-order chi connectivity index (χ0) is 47.9. The molecule has 0 aliphatic rings. The van der Waals surface area contributed by atoms with Crippen molar-refractivity contribution in [1.29, 1.82) is 0 Å². The van der Waals surface area contributed by atoms with E-state index < -0.39 is 6.10 Å². The summed E-state index contributed by atoms with van der Waals surface area (Å²) in [4.78, 5) is 38.1. The summed E-state index contributed by atoms with van der Waals surface area (Å²) < 4.78 is 16.8. The molecule has 0 N–H and O–H groups in total. The highest BCUT2D eigenvalue weighted by Gasteiger charge is 2.19. The standard InChI is InChI=1S/C60H102O6/c1-4-7-10-13-16-19-22-25-28-30-31-33-35-38-41-44-47-50-53-59(62)65-56-57(55-64-58(61)52-49-46-43-40-37-34-27-24-21-18-15-12-9-6-3)66-60(63)54-51-48-45-42-39-36-32-29-26-23-20-17-14-11-8-5-2/h9-10,12-13,16,18-19,21-22,25,28,30-31,33,57H,4-8,11,14-15,17,20,23-24,26-27,29,32,34-56H2,1-3H3/b12-9-,13-10-,19-16-,21-18-,25-22-,30-28-,33-31-. The van der Waals surface area contributed by atoms with Crippen LogP contribution in [0.1, 0.15) is 258 Å². The Balaban J connectivity index is 4.43. The largest absolute Gasteiger partial charge is 0.462 e. The normalized spacial score (nSPS) is 12.7. The monoisotopic (exact) mass is 919 g/mol. The van der Waals surface area contributed by atoms with Crippen molar-refractivity contribution in [2.24, 2.45) is 0 Å². The van der Waals surface area contributed by atoms with Gasteiger partial charge in [0.25, 0.3) is 0 Å². The van der Waals surface area contributed by atoms with Gasteiger partial charge in [0, 0.05) is 19.3 Å². The summed E-state index contributed by atoms with van der Waals surface area (Å²) in [5, 5.41) is 0. The van der Waals surface area contributed by atoms with Gasteiger partial charge in [-0.2, -0.15) is 0 Å². The smallest absolute Gasteiger partial charge is 0.306 e. The lowest BCUT2D eigenvalue weighted by atomic mass is 10.0. The van der Waals surface area contributed by atoms with E-state index in [0.29, 0.717) is 19.3 Å². The van der Waals surface area contributed by atoms with E-state index in [1.807, 2.05) is 24.3 Å². The van der Waals surface area contributed by atoms with Crippen molar-refractivity contribution in [3.63, 3.8) is 0 Å². The lowest BCUT2D eigenvalue weighted by Crippen LogP contribution is -2.30. The number of hydrogen-bond donors (Lipinski definition) is 0. The summed E-state index contributed by atoms with van der Waals surface area (Å²) in [5.41, 5.74) is 0. The highest BCUT2D eigenvalue weighted by atomic mass is 16.6. The van der Waals surface area contributed by atoms with E-state index in [-0.39, 0.29) is 31.1 Å². The van der Waals surface area contributed by atoms with E-state index >= 15 is 0 Å². The maximum atomic E-state index is 12.8. The quantitative estimate of drug-likeness (QED) is 0.0199. The van der Waals surface area contributed by atoms with Gasteiger partial charge in [-0.15, -0.1) is 0 Å². The molecule has 6 nitrogen and oxygen atoms in total. The second kappa shape index (κ2) is 54.2. The zero-order valence-corrected chi connectivity index (χ0v) is 43.2. The summed E-state index contributed by atoms with van der Waals surface area (Å²) in [5.74, 6) is -0.915. The fourth-order valence-corrected chi connectivity index (χ4v) is 7.63. The number of ether oxygens (including phenoxy) is 3. The Morgan fingerprint density at radius 2 is 0.682 bits per heavy atom. The molecule has 6 heteroatoms. The molecule has 0 bridgehead atoms. The van der Waals surface area contributed by atoms with Crippen LogP contribution in [0.25, 0.3) is 0 Å². The van der Waals surface area contributed by atoms with E-state index in [9.17, 15) is 14.4 Å². The molecule has 0 saturated carbocycles. The van der Waals surface area contributed by atoms with E-state index in [1.54, 1.807) is 0 Å². The third-order valence-corrected chi connectivity index (χ3v) is 11.7. The summed E-state index contributed by atoms with van der Waals surface area (Å²) >= 11 is 0. The second-order valence-corrected chi connectivity index (χ2v) is 18.2. The van der Waals surface area contributed by atoms with E-state index in [4.69, 9.17) is 14.2 Å². The first-order chi connectivity index (χ1) is 32.5. The zero-order valence-electron chi connectivity index (χ0n) is 43.2. The van der Waals surface area contributed by atoms with E-state index in [2.05, 4.69) is 81.5 Å². The number of hydrogen-bond acceptors (Lipinski definition) is 6. The fraction of sp³-hybridized carbons (Fsp3) is 0.717. The molecular formula is C60H102O6. The lowest BCUT2D eigenvalue weighted by Gasteiger charge is -2.18. The Kier molecular flexibility index (Phi) is 51.4. The molecule has 378 valence electrons. The molecule has 0 fully saturated rings. The van der Waals surface area contributed by atoms with Gasteiger partial charge < -0.3 is 14.2 Å². The van der Waals surface area contributed by atoms with Gasteiger partial charge in [-0.25, -0.2) is 0 Å². The molecule has 0 aliphatic heterocycles. The van der Waals surface area contributed by atoms with Crippen LogP contribution in [0.2, 0.25) is 0 Å². The topological polar surface area (TPSA) is 78.9 Å². The summed E-state index contributed by atoms with van der Waals surface area (Å²) in [6, 6.07) is 0. The number of rotatable bonds is 49. The van der Waals surface area contributed by atoms with Gasteiger partial charge in [-0.05, 0) is 64.2 Å². The second-order valence-electron chi connectivity index (χ2n) is 18.2. The Labute approximate surface area is 407 Å². The van der Waals surface area contributed by atoms with Crippen molar-refractivity contribution < 1.29 is 28.6 Å². The van der Waals surface area contributed by atoms with Crippen molar-refractivity contribution in [3.05, 3.63) is 85.1 Å². The Hall–Kier alpha value is -3.41. The number of carbonyl (C=O) groups is 3. The SMILES string of the molecule is CC/C=C\C/C=C\CCCCCCCCCC(=O)OCC(COC(=O)CCCCCCC\C=C/C=C\C=C/C=C\C=C/CCC)OC(=O)CCCCCCCCCCCCCCCCCC. The van der Waals surface area contributed by atoms with E-state index in [1.165, 1.54) is 116 Å². The van der Waals surface area contributed by atoms with Crippen molar-refractivity contribution in [2.45, 2.75) is 264 Å². The first kappa shape index (κ1) is 62.6. The lowest BCUT2D eigenvalue weighted by molar-refractivity contribution is -0.167. The minimum atomic E-state index is -0.789. The van der Waals surface area contributed by atoms with Crippen molar-refractivity contribution in [1.82, 2.24) is 0 Å². The van der Waals surface area contributed by atoms with E-state index in [0.717, 1.165) is 103 Å². The Bertz CT molecular complexity index is 1290. The summed E-state index contributed by atoms with van der Waals surface area (Å²) in [7, 11) is 0. The third kappa shape index (κ3) is 51.6. The number of unbranched alkanes of at least 4 members (excludes halogenated alkanes) is 28. The van der Waals surface area contributed by atoms with Crippen LogP contribution in [0.15, 0.2) is 85.1 Å². The molecule has 0 heterocycles. The van der Waals surface area contributed by atoms with Gasteiger partial charge in [0.1, 0.15) is 13.2 Å². The number of esters is 3. The number of allylic oxidation sites excluding steroid dienone is 14. The van der Waals surface area contributed by atoms with Gasteiger partial charge in [0.05, 0.1) is 0 Å². The molecule has 0 spiro atoms. The predicted molar refractivity (Wildman–Crippen MR) is 284 cm³/mol. The molecule has 0 rings (SSSR count). The molecule has 66 heavy (non-hydrogen) atoms. The first-order valence-electron chi connectivity index (χ1n) is 27.7. The van der Waals surface area contributed by atoms with Crippen LogP contribution < -0.4 is 0 Å². The van der Waals surface area contributed by atoms with Crippen molar-refractivity contribution in [3.8, 4) is 0 Å². The van der Waals surface area contributed by atoms with Crippen LogP contribution in [0.5, 0.6) is 0 Å². The first-order valence-corrected chi connectivity index (χ1v) is 27.7. The van der Waals surface area contributed by atoms with Gasteiger partial charge in [-0.3, -0.25) is 14.4 Å². The molecule has 0 aliphatic carbocycles. The molecule has 0 aromatic heterocycles. The molecule has 1 unspecified atom stereocenters. The van der Waals surface area contributed by atoms with Crippen LogP contribution in [0.4, 0.5) is 0 Å². The Morgan fingerprint density at radius 3 is 1.11 bits per heavy atom. The third-order valence-electron chi connectivity index (χ3n) is 11.7. The summed E-state index contributed by atoms with van der Waals surface area (Å²) in [6.07, 6.45) is 69.9. The van der Waals surface area contributed by atoms with Gasteiger partial charge in [-0.1, -0.05) is 260 Å². The van der Waals surface area contributed by atoms with Crippen LogP contribution in [0.3, 0.4) is 0 Å². The minimum Gasteiger partial charge on any atom is -0.462 e. The molecule has 0 aromatic carbocycles. The van der Waals surface area contributed by atoms with Crippen LogP contribution in [-0.4, -0.2) is 37.2 Å². The Morgan fingerprint density at radius 1 is 0.333 bits per heavy atom. The maximum Gasteiger partial charge on any atom is 0.306 e. The number of carbonyl (C=O) groups excluding carboxylic acids is 3. The average molecular weight is 919 g/mol. The average Bonchev–Trinajstić information content (AvgIpc) is 3.31. The molecule has 1 atom stereocenters. The van der Waals surface area contributed by atoms with Crippen LogP contribution in [-0.2, 0) is 28.6 Å². The van der Waals surface area contributed by atoms with Crippen molar-refractivity contribution >= 4 is 17.9 Å². The molecule has 0 saturated heterocycles. The minimum absolute atomic E-state index is 0.0879. The molecule has 0 amide bonds. The molecule has 0 aromatic rings. The van der Waals surface area contributed by atoms with Crippen molar-refractivity contribution in [2.75, 3.05) is 13.2 Å². The fourth-order valence-electron chi connectivity index (χ4n) is 7.63. The predicted octanol–water partition coefficient (Wildman–Crippen LogP) is 18.4. The highest BCUT2D eigenvalue weighted by Crippen LogP contribution is 2.16. The highest BCUT2D eigenvalue weighted by molar-refractivity contribution is 5.71. The molecular weight excluding hydrogens is 817 g/mol. The van der Waals surface area contributed by atoms with Gasteiger partial charge in [0.15, 0.2) is 6.10 Å². The van der Waals surface area contributed by atoms with Gasteiger partial charge in [0.2, 0.25) is 0 Å². The summed E-state index contributed by atoms with van der Waals surface area (Å²) in [6.45, 7) is 6.43. The molecule has 0 radical (unpaired) electrons.